The maximum Gasteiger partial charge on any atom is 0.159 e. The van der Waals surface area contributed by atoms with Gasteiger partial charge in [0.25, 0.3) is 0 Å². The van der Waals surface area contributed by atoms with Gasteiger partial charge in [0.05, 0.1) is 0 Å². The molecule has 1 atom stereocenters. The van der Waals surface area contributed by atoms with Crippen molar-refractivity contribution < 1.29 is 8.78 Å². The van der Waals surface area contributed by atoms with Crippen LogP contribution in [0.1, 0.15) is 25.0 Å². The van der Waals surface area contributed by atoms with Gasteiger partial charge in [-0.3, -0.25) is 0 Å². The van der Waals surface area contributed by atoms with Gasteiger partial charge in [0.1, 0.15) is 0 Å². The quantitative estimate of drug-likeness (QED) is 0.875. The van der Waals surface area contributed by atoms with Crippen molar-refractivity contribution in [2.75, 3.05) is 7.05 Å². The number of nitrogens with one attached hydrogen (secondary N) is 1. The van der Waals surface area contributed by atoms with Gasteiger partial charge in [-0.05, 0) is 36.7 Å². The second kappa shape index (κ2) is 6.35. The molecule has 0 aliphatic carbocycles. The predicted molar refractivity (Wildman–Crippen MR) is 82.4 cm³/mol. The van der Waals surface area contributed by atoms with Crippen LogP contribution in [0.3, 0.4) is 0 Å². The van der Waals surface area contributed by atoms with E-state index < -0.39 is 11.6 Å². The Balaban J connectivity index is 2.25. The lowest BCUT2D eigenvalue weighted by Gasteiger charge is -2.35. The van der Waals surface area contributed by atoms with Gasteiger partial charge in [0.2, 0.25) is 0 Å². The molecule has 2 aromatic carbocycles. The number of hydrogen-bond donors (Lipinski definition) is 1. The summed E-state index contributed by atoms with van der Waals surface area (Å²) in [6.07, 6.45) is 0.635. The lowest BCUT2D eigenvalue weighted by molar-refractivity contribution is 0.356. The number of likely N-dealkylation sites (N-methyl/N-ethyl adjacent to an activating group) is 1. The summed E-state index contributed by atoms with van der Waals surface area (Å²) in [5, 5.41) is 3.31. The zero-order valence-electron chi connectivity index (χ0n) is 12.7. The van der Waals surface area contributed by atoms with E-state index in [1.165, 1.54) is 17.7 Å². The van der Waals surface area contributed by atoms with Crippen LogP contribution in [0.25, 0.3) is 0 Å². The van der Waals surface area contributed by atoms with Gasteiger partial charge in [-0.2, -0.15) is 0 Å². The molecule has 0 spiro atoms. The molecule has 1 unspecified atom stereocenters. The topological polar surface area (TPSA) is 12.0 Å². The fraction of sp³-hybridized carbons (Fsp3) is 0.333. The van der Waals surface area contributed by atoms with Gasteiger partial charge in [-0.1, -0.05) is 50.2 Å². The van der Waals surface area contributed by atoms with E-state index in [-0.39, 0.29) is 11.5 Å². The summed E-state index contributed by atoms with van der Waals surface area (Å²) in [5.41, 5.74) is 1.88. The Morgan fingerprint density at radius 2 is 1.67 bits per heavy atom. The summed E-state index contributed by atoms with van der Waals surface area (Å²) in [5.74, 6) is -1.60. The van der Waals surface area contributed by atoms with Crippen molar-refractivity contribution in [3.63, 3.8) is 0 Å². The molecule has 112 valence electrons. The lowest BCUT2D eigenvalue weighted by Crippen LogP contribution is -2.44. The summed E-state index contributed by atoms with van der Waals surface area (Å²) < 4.78 is 26.4. The van der Waals surface area contributed by atoms with E-state index >= 15 is 0 Å². The standard InChI is InChI=1S/C18H21F2N/c1-18(2,14-7-5-4-6-8-14)17(21-3)12-13-9-10-15(19)16(20)11-13/h4-11,17,21H,12H2,1-3H3. The molecule has 0 saturated carbocycles. The highest BCUT2D eigenvalue weighted by atomic mass is 19.2. The summed E-state index contributed by atoms with van der Waals surface area (Å²) in [6, 6.07) is 14.4. The zero-order chi connectivity index (χ0) is 15.5. The molecule has 21 heavy (non-hydrogen) atoms. The number of benzene rings is 2. The maximum atomic E-state index is 13.4. The first-order chi connectivity index (χ1) is 9.95. The van der Waals surface area contributed by atoms with E-state index in [2.05, 4.69) is 31.3 Å². The molecule has 0 radical (unpaired) electrons. The third-order valence-corrected chi connectivity index (χ3v) is 4.16. The molecule has 0 aromatic heterocycles. The van der Waals surface area contributed by atoms with Crippen LogP contribution in [-0.4, -0.2) is 13.1 Å². The van der Waals surface area contributed by atoms with Crippen LogP contribution in [0.2, 0.25) is 0 Å². The van der Waals surface area contributed by atoms with Gasteiger partial charge < -0.3 is 5.32 Å². The highest BCUT2D eigenvalue weighted by molar-refractivity contribution is 5.28. The van der Waals surface area contributed by atoms with Crippen LogP contribution in [0.15, 0.2) is 48.5 Å². The minimum atomic E-state index is -0.804. The van der Waals surface area contributed by atoms with Crippen molar-refractivity contribution in [2.45, 2.75) is 31.7 Å². The monoisotopic (exact) mass is 289 g/mol. The van der Waals surface area contributed by atoms with Crippen LogP contribution in [0.4, 0.5) is 8.78 Å². The van der Waals surface area contributed by atoms with Crippen molar-refractivity contribution >= 4 is 0 Å². The summed E-state index contributed by atoms with van der Waals surface area (Å²) in [6.45, 7) is 4.31. The Kier molecular flexibility index (Phi) is 4.73. The molecular weight excluding hydrogens is 268 g/mol. The van der Waals surface area contributed by atoms with Crippen LogP contribution < -0.4 is 5.32 Å². The van der Waals surface area contributed by atoms with Gasteiger partial charge in [-0.15, -0.1) is 0 Å². The Morgan fingerprint density at radius 3 is 2.24 bits per heavy atom. The Hall–Kier alpha value is -1.74. The van der Waals surface area contributed by atoms with Gasteiger partial charge in [0, 0.05) is 11.5 Å². The van der Waals surface area contributed by atoms with E-state index in [4.69, 9.17) is 0 Å². The average molecular weight is 289 g/mol. The second-order valence-corrected chi connectivity index (χ2v) is 5.88. The van der Waals surface area contributed by atoms with Crippen LogP contribution in [0.5, 0.6) is 0 Å². The smallest absolute Gasteiger partial charge is 0.159 e. The molecule has 0 saturated heterocycles. The lowest BCUT2D eigenvalue weighted by atomic mass is 9.75. The fourth-order valence-electron chi connectivity index (χ4n) is 2.69. The predicted octanol–water partition coefficient (Wildman–Crippen LogP) is 4.07. The molecule has 0 aliphatic rings. The Labute approximate surface area is 125 Å². The van der Waals surface area contributed by atoms with Crippen LogP contribution in [0, 0.1) is 11.6 Å². The number of rotatable bonds is 5. The zero-order valence-corrected chi connectivity index (χ0v) is 12.7. The fourth-order valence-corrected chi connectivity index (χ4v) is 2.69. The molecular formula is C18H21F2N. The molecule has 1 N–H and O–H groups in total. The molecule has 0 aliphatic heterocycles. The van der Waals surface area contributed by atoms with E-state index in [1.807, 2.05) is 25.2 Å². The van der Waals surface area contributed by atoms with Crippen molar-refractivity contribution in [1.82, 2.24) is 5.32 Å². The molecule has 2 rings (SSSR count). The Morgan fingerprint density at radius 1 is 1.00 bits per heavy atom. The molecule has 0 amide bonds. The van der Waals surface area contributed by atoms with Crippen molar-refractivity contribution in [2.24, 2.45) is 0 Å². The average Bonchev–Trinajstić information content (AvgIpc) is 2.49. The molecule has 1 nitrogen and oxygen atoms in total. The molecule has 0 fully saturated rings. The Bertz CT molecular complexity index is 593. The summed E-state index contributed by atoms with van der Waals surface area (Å²) >= 11 is 0. The summed E-state index contributed by atoms with van der Waals surface area (Å²) in [7, 11) is 1.90. The number of hydrogen-bond acceptors (Lipinski definition) is 1. The molecule has 0 heterocycles. The summed E-state index contributed by atoms with van der Waals surface area (Å²) in [4.78, 5) is 0. The van der Waals surface area contributed by atoms with Crippen LogP contribution >= 0.6 is 0 Å². The molecule has 2 aromatic rings. The van der Waals surface area contributed by atoms with Gasteiger partial charge in [-0.25, -0.2) is 8.78 Å². The minimum Gasteiger partial charge on any atom is -0.316 e. The van der Waals surface area contributed by atoms with E-state index in [9.17, 15) is 8.78 Å². The third kappa shape index (κ3) is 3.48. The van der Waals surface area contributed by atoms with E-state index in [1.54, 1.807) is 6.07 Å². The molecule has 0 bridgehead atoms. The SMILES string of the molecule is CNC(Cc1ccc(F)c(F)c1)C(C)(C)c1ccccc1. The maximum absolute atomic E-state index is 13.4. The van der Waals surface area contributed by atoms with E-state index in [0.717, 1.165) is 5.56 Å². The first-order valence-electron chi connectivity index (χ1n) is 7.12. The van der Waals surface area contributed by atoms with E-state index in [0.29, 0.717) is 6.42 Å². The first-order valence-corrected chi connectivity index (χ1v) is 7.12. The highest BCUT2D eigenvalue weighted by Crippen LogP contribution is 2.29. The van der Waals surface area contributed by atoms with Gasteiger partial charge >= 0.3 is 0 Å². The number of halogens is 2. The second-order valence-electron chi connectivity index (χ2n) is 5.88. The highest BCUT2D eigenvalue weighted by Gasteiger charge is 2.30. The third-order valence-electron chi connectivity index (χ3n) is 4.16. The minimum absolute atomic E-state index is 0.116. The molecule has 3 heteroatoms. The van der Waals surface area contributed by atoms with Crippen molar-refractivity contribution in [3.8, 4) is 0 Å². The van der Waals surface area contributed by atoms with Crippen molar-refractivity contribution in [3.05, 3.63) is 71.3 Å². The van der Waals surface area contributed by atoms with Crippen molar-refractivity contribution in [1.29, 1.82) is 0 Å². The first kappa shape index (κ1) is 15.6. The van der Waals surface area contributed by atoms with Gasteiger partial charge in [0.15, 0.2) is 11.6 Å². The van der Waals surface area contributed by atoms with Crippen LogP contribution in [-0.2, 0) is 11.8 Å². The normalized spacial score (nSPS) is 13.2. The largest absolute Gasteiger partial charge is 0.316 e.